The third-order valence-corrected chi connectivity index (χ3v) is 5.20. The maximum absolute atomic E-state index is 4.99. The van der Waals surface area contributed by atoms with Gasteiger partial charge < -0.3 is 10.2 Å². The van der Waals surface area contributed by atoms with Gasteiger partial charge in [0.1, 0.15) is 17.2 Å². The Kier molecular flexibility index (Phi) is 4.12. The number of aryl methyl sites for hydroxylation is 1. The largest absolute Gasteiger partial charge is 0.378 e. The second-order valence-corrected chi connectivity index (χ2v) is 7.26. The van der Waals surface area contributed by atoms with E-state index in [9.17, 15) is 0 Å². The Morgan fingerprint density at radius 1 is 1.08 bits per heavy atom. The summed E-state index contributed by atoms with van der Waals surface area (Å²) >= 11 is 0. The molecule has 25 heavy (non-hydrogen) atoms. The van der Waals surface area contributed by atoms with E-state index in [-0.39, 0.29) is 0 Å². The standard InChI is InChI=1S/C21H26N4/c1-15-7-6-14-25-20(15)23-19(21(25)22-17-8-4-5-9-17)16-10-12-18(13-11-16)24(2)3/h6-7,10-14,17,22H,4-5,8-9H2,1-3H3. The number of aromatic nitrogens is 2. The molecule has 0 saturated heterocycles. The van der Waals surface area contributed by atoms with Crippen LogP contribution in [0.25, 0.3) is 16.9 Å². The highest BCUT2D eigenvalue weighted by atomic mass is 15.1. The van der Waals surface area contributed by atoms with Gasteiger partial charge in [0.2, 0.25) is 0 Å². The van der Waals surface area contributed by atoms with Crippen molar-refractivity contribution in [2.75, 3.05) is 24.3 Å². The van der Waals surface area contributed by atoms with Crippen LogP contribution in [0.1, 0.15) is 31.2 Å². The number of hydrogen-bond acceptors (Lipinski definition) is 3. The lowest BCUT2D eigenvalue weighted by Crippen LogP contribution is -2.16. The summed E-state index contributed by atoms with van der Waals surface area (Å²) in [6.07, 6.45) is 7.25. The number of nitrogens with one attached hydrogen (secondary N) is 1. The van der Waals surface area contributed by atoms with Crippen LogP contribution in [-0.2, 0) is 0 Å². The highest BCUT2D eigenvalue weighted by Gasteiger charge is 2.21. The van der Waals surface area contributed by atoms with Crippen LogP contribution in [0.15, 0.2) is 42.6 Å². The molecule has 4 nitrogen and oxygen atoms in total. The zero-order valence-electron chi connectivity index (χ0n) is 15.3. The Bertz CT molecular complexity index is 871. The first-order valence-electron chi connectivity index (χ1n) is 9.15. The van der Waals surface area contributed by atoms with Gasteiger partial charge in [-0.3, -0.25) is 4.40 Å². The summed E-state index contributed by atoms with van der Waals surface area (Å²) in [6, 6.07) is 13.4. The normalized spacial score (nSPS) is 15.0. The minimum absolute atomic E-state index is 0.556. The summed E-state index contributed by atoms with van der Waals surface area (Å²) in [5.41, 5.74) is 5.65. The number of rotatable bonds is 4. The van der Waals surface area contributed by atoms with Gasteiger partial charge in [-0.05, 0) is 43.5 Å². The molecule has 1 fully saturated rings. The molecule has 1 aliphatic rings. The van der Waals surface area contributed by atoms with Crippen LogP contribution in [0.2, 0.25) is 0 Å². The van der Waals surface area contributed by atoms with Crippen molar-refractivity contribution in [3.8, 4) is 11.3 Å². The van der Waals surface area contributed by atoms with E-state index >= 15 is 0 Å². The number of hydrogen-bond donors (Lipinski definition) is 1. The molecule has 0 radical (unpaired) electrons. The lowest BCUT2D eigenvalue weighted by molar-refractivity contribution is 0.749. The molecule has 0 atom stereocenters. The van der Waals surface area contributed by atoms with E-state index in [1.54, 1.807) is 0 Å². The summed E-state index contributed by atoms with van der Waals surface area (Å²) in [6.45, 7) is 2.13. The third-order valence-electron chi connectivity index (χ3n) is 5.20. The second kappa shape index (κ2) is 6.43. The topological polar surface area (TPSA) is 32.6 Å². The molecule has 1 aliphatic carbocycles. The van der Waals surface area contributed by atoms with Crippen molar-refractivity contribution in [2.45, 2.75) is 38.6 Å². The van der Waals surface area contributed by atoms with E-state index in [0.717, 1.165) is 22.7 Å². The van der Waals surface area contributed by atoms with Crippen molar-refractivity contribution in [3.05, 3.63) is 48.2 Å². The van der Waals surface area contributed by atoms with Gasteiger partial charge in [0.25, 0.3) is 0 Å². The molecule has 1 N–H and O–H groups in total. The molecule has 130 valence electrons. The number of imidazole rings is 1. The Labute approximate surface area is 149 Å². The molecule has 4 rings (SSSR count). The first kappa shape index (κ1) is 16.0. The number of anilines is 2. The molecule has 3 aromatic rings. The average molecular weight is 334 g/mol. The van der Waals surface area contributed by atoms with Crippen molar-refractivity contribution in [1.82, 2.24) is 9.38 Å². The number of fused-ring (bicyclic) bond motifs is 1. The molecule has 0 aliphatic heterocycles. The van der Waals surface area contributed by atoms with Crippen LogP contribution < -0.4 is 10.2 Å². The molecular weight excluding hydrogens is 308 g/mol. The first-order valence-corrected chi connectivity index (χ1v) is 9.15. The van der Waals surface area contributed by atoms with Gasteiger partial charge in [0, 0.05) is 37.6 Å². The summed E-state index contributed by atoms with van der Waals surface area (Å²) in [7, 11) is 4.13. The molecule has 2 heterocycles. The smallest absolute Gasteiger partial charge is 0.142 e. The molecular formula is C21H26N4. The van der Waals surface area contributed by atoms with Crippen molar-refractivity contribution in [2.24, 2.45) is 0 Å². The van der Waals surface area contributed by atoms with Crippen molar-refractivity contribution in [1.29, 1.82) is 0 Å². The minimum atomic E-state index is 0.556. The SMILES string of the molecule is Cc1cccn2c(NC3CCCC3)c(-c3ccc(N(C)C)cc3)nc12. The lowest BCUT2D eigenvalue weighted by atomic mass is 10.1. The van der Waals surface area contributed by atoms with E-state index in [1.807, 2.05) is 0 Å². The fourth-order valence-electron chi connectivity index (χ4n) is 3.72. The van der Waals surface area contributed by atoms with Crippen LogP contribution >= 0.6 is 0 Å². The van der Waals surface area contributed by atoms with Crippen LogP contribution in [0.5, 0.6) is 0 Å². The zero-order chi connectivity index (χ0) is 17.4. The van der Waals surface area contributed by atoms with Gasteiger partial charge in [-0.2, -0.15) is 0 Å². The van der Waals surface area contributed by atoms with Crippen molar-refractivity contribution >= 4 is 17.2 Å². The summed E-state index contributed by atoms with van der Waals surface area (Å²) in [4.78, 5) is 7.11. The summed E-state index contributed by atoms with van der Waals surface area (Å²) < 4.78 is 2.21. The van der Waals surface area contributed by atoms with Gasteiger partial charge >= 0.3 is 0 Å². The van der Waals surface area contributed by atoms with Crippen LogP contribution in [0.4, 0.5) is 11.5 Å². The Hall–Kier alpha value is -2.49. The van der Waals surface area contributed by atoms with Crippen molar-refractivity contribution < 1.29 is 0 Å². The maximum atomic E-state index is 4.99. The quantitative estimate of drug-likeness (QED) is 0.748. The van der Waals surface area contributed by atoms with E-state index in [0.29, 0.717) is 6.04 Å². The van der Waals surface area contributed by atoms with Gasteiger partial charge in [-0.1, -0.05) is 31.0 Å². The minimum Gasteiger partial charge on any atom is -0.378 e. The third kappa shape index (κ3) is 2.97. The fraction of sp³-hybridized carbons (Fsp3) is 0.381. The molecule has 2 aromatic heterocycles. The molecule has 0 amide bonds. The van der Waals surface area contributed by atoms with Gasteiger partial charge in [-0.15, -0.1) is 0 Å². The van der Waals surface area contributed by atoms with Crippen LogP contribution in [0, 0.1) is 6.92 Å². The fourth-order valence-corrected chi connectivity index (χ4v) is 3.72. The monoisotopic (exact) mass is 334 g/mol. The first-order chi connectivity index (χ1) is 12.1. The summed E-state index contributed by atoms with van der Waals surface area (Å²) in [5.74, 6) is 1.13. The Morgan fingerprint density at radius 3 is 2.48 bits per heavy atom. The van der Waals surface area contributed by atoms with Crippen LogP contribution in [0.3, 0.4) is 0 Å². The number of benzene rings is 1. The number of pyridine rings is 1. The molecule has 0 unspecified atom stereocenters. The molecule has 0 spiro atoms. The zero-order valence-corrected chi connectivity index (χ0v) is 15.3. The maximum Gasteiger partial charge on any atom is 0.142 e. The predicted octanol–water partition coefficient (Wildman–Crippen LogP) is 4.73. The van der Waals surface area contributed by atoms with Crippen molar-refractivity contribution in [3.63, 3.8) is 0 Å². The Balaban J connectivity index is 1.82. The molecule has 0 bridgehead atoms. The second-order valence-electron chi connectivity index (χ2n) is 7.26. The average Bonchev–Trinajstić information content (AvgIpc) is 3.25. The van der Waals surface area contributed by atoms with E-state index in [4.69, 9.17) is 4.98 Å². The predicted molar refractivity (Wildman–Crippen MR) is 106 cm³/mol. The van der Waals surface area contributed by atoms with E-state index in [1.165, 1.54) is 36.9 Å². The molecule has 1 saturated carbocycles. The van der Waals surface area contributed by atoms with Gasteiger partial charge in [-0.25, -0.2) is 4.98 Å². The van der Waals surface area contributed by atoms with Gasteiger partial charge in [0.05, 0.1) is 0 Å². The molecule has 4 heteroatoms. The number of nitrogens with zero attached hydrogens (tertiary/aromatic N) is 3. The van der Waals surface area contributed by atoms with Gasteiger partial charge in [0.15, 0.2) is 0 Å². The highest BCUT2D eigenvalue weighted by molar-refractivity contribution is 5.78. The van der Waals surface area contributed by atoms with Crippen LogP contribution in [-0.4, -0.2) is 29.5 Å². The summed E-state index contributed by atoms with van der Waals surface area (Å²) in [5, 5.41) is 3.79. The van der Waals surface area contributed by atoms with E-state index < -0.39 is 0 Å². The molecule has 1 aromatic carbocycles. The lowest BCUT2D eigenvalue weighted by Gasteiger charge is -2.16. The Morgan fingerprint density at radius 2 is 1.80 bits per heavy atom. The van der Waals surface area contributed by atoms with E-state index in [2.05, 4.69) is 78.2 Å². The highest BCUT2D eigenvalue weighted by Crippen LogP contribution is 2.33.